The molecule has 1 rings (SSSR count). The molecule has 0 bridgehead atoms. The van der Waals surface area contributed by atoms with E-state index in [9.17, 15) is 18.0 Å². The number of rotatable bonds is 1. The third-order valence-electron chi connectivity index (χ3n) is 1.60. The molecular formula is C9H7ClF3NO. The lowest BCUT2D eigenvalue weighted by Gasteiger charge is -2.10. The van der Waals surface area contributed by atoms with Crippen LogP contribution in [0, 0.1) is 0 Å². The van der Waals surface area contributed by atoms with Gasteiger partial charge in [-0.1, -0.05) is 11.6 Å². The quantitative estimate of drug-likeness (QED) is 0.798. The lowest BCUT2D eigenvalue weighted by Crippen LogP contribution is -2.09. The Hall–Kier alpha value is -1.23. The van der Waals surface area contributed by atoms with Crippen LogP contribution in [0.2, 0.25) is 5.02 Å². The van der Waals surface area contributed by atoms with E-state index in [2.05, 4.69) is 5.32 Å². The fraction of sp³-hybridized carbons (Fsp3) is 0.222. The highest BCUT2D eigenvalue weighted by molar-refractivity contribution is 6.33. The van der Waals surface area contributed by atoms with E-state index in [1.165, 1.54) is 6.92 Å². The molecule has 1 N–H and O–H groups in total. The van der Waals surface area contributed by atoms with Gasteiger partial charge in [-0.05, 0) is 18.2 Å². The fourth-order valence-electron chi connectivity index (χ4n) is 0.987. The molecule has 0 spiro atoms. The highest BCUT2D eigenvalue weighted by atomic mass is 35.5. The molecule has 0 atom stereocenters. The summed E-state index contributed by atoms with van der Waals surface area (Å²) in [6.07, 6.45) is -4.45. The number of hydrogen-bond donors (Lipinski definition) is 1. The minimum absolute atomic E-state index is 0.0426. The van der Waals surface area contributed by atoms with Crippen LogP contribution in [0.5, 0.6) is 0 Å². The number of alkyl halides is 3. The minimum atomic E-state index is -4.45. The van der Waals surface area contributed by atoms with Gasteiger partial charge in [0.1, 0.15) is 0 Å². The van der Waals surface area contributed by atoms with Gasteiger partial charge in [-0.25, -0.2) is 0 Å². The van der Waals surface area contributed by atoms with E-state index < -0.39 is 17.6 Å². The van der Waals surface area contributed by atoms with Crippen molar-refractivity contribution >= 4 is 23.2 Å². The van der Waals surface area contributed by atoms with E-state index in [-0.39, 0.29) is 10.7 Å². The zero-order valence-electron chi connectivity index (χ0n) is 7.65. The second kappa shape index (κ2) is 4.10. The van der Waals surface area contributed by atoms with Crippen molar-refractivity contribution in [1.29, 1.82) is 0 Å². The Morgan fingerprint density at radius 2 is 2.00 bits per heavy atom. The number of amides is 1. The maximum atomic E-state index is 12.3. The summed E-state index contributed by atoms with van der Waals surface area (Å²) in [4.78, 5) is 10.7. The van der Waals surface area contributed by atoms with Crippen LogP contribution in [0.3, 0.4) is 0 Å². The zero-order chi connectivity index (χ0) is 11.6. The highest BCUT2D eigenvalue weighted by Gasteiger charge is 2.30. The van der Waals surface area contributed by atoms with Gasteiger partial charge in [-0.15, -0.1) is 0 Å². The topological polar surface area (TPSA) is 29.1 Å². The standard InChI is InChI=1S/C9H7ClF3NO/c1-5(15)14-8-4-6(9(11,12)13)2-3-7(8)10/h2-4H,1H3,(H,14,15). The highest BCUT2D eigenvalue weighted by Crippen LogP contribution is 2.33. The van der Waals surface area contributed by atoms with Crippen molar-refractivity contribution in [3.05, 3.63) is 28.8 Å². The van der Waals surface area contributed by atoms with E-state index in [0.717, 1.165) is 18.2 Å². The molecule has 0 aliphatic heterocycles. The molecule has 82 valence electrons. The molecular weight excluding hydrogens is 231 g/mol. The summed E-state index contributed by atoms with van der Waals surface area (Å²) in [5.74, 6) is -0.476. The van der Waals surface area contributed by atoms with Crippen LogP contribution < -0.4 is 5.32 Å². The van der Waals surface area contributed by atoms with Gasteiger partial charge in [0.15, 0.2) is 0 Å². The SMILES string of the molecule is CC(=O)Nc1cc(C(F)(F)F)ccc1Cl. The van der Waals surface area contributed by atoms with Gasteiger partial charge in [0.25, 0.3) is 0 Å². The average molecular weight is 238 g/mol. The van der Waals surface area contributed by atoms with E-state index in [1.54, 1.807) is 0 Å². The number of carbonyl (C=O) groups is 1. The van der Waals surface area contributed by atoms with Gasteiger partial charge >= 0.3 is 6.18 Å². The van der Waals surface area contributed by atoms with Gasteiger partial charge in [-0.3, -0.25) is 4.79 Å². The Morgan fingerprint density at radius 1 is 1.40 bits per heavy atom. The van der Waals surface area contributed by atoms with Crippen LogP contribution in [0.15, 0.2) is 18.2 Å². The zero-order valence-corrected chi connectivity index (χ0v) is 8.41. The normalized spacial score (nSPS) is 11.3. The number of halogens is 4. The summed E-state index contributed by atoms with van der Waals surface area (Å²) < 4.78 is 36.8. The monoisotopic (exact) mass is 237 g/mol. The van der Waals surface area contributed by atoms with Crippen molar-refractivity contribution < 1.29 is 18.0 Å². The Morgan fingerprint density at radius 3 is 2.47 bits per heavy atom. The maximum Gasteiger partial charge on any atom is 0.416 e. The van der Waals surface area contributed by atoms with Gasteiger partial charge in [0.05, 0.1) is 16.3 Å². The summed E-state index contributed by atoms with van der Waals surface area (Å²) in [5.41, 5.74) is -0.894. The van der Waals surface area contributed by atoms with E-state index in [4.69, 9.17) is 11.6 Å². The number of hydrogen-bond acceptors (Lipinski definition) is 1. The molecule has 0 fully saturated rings. The molecule has 0 aromatic heterocycles. The van der Waals surface area contributed by atoms with Crippen molar-refractivity contribution in [2.45, 2.75) is 13.1 Å². The predicted octanol–water partition coefficient (Wildman–Crippen LogP) is 3.32. The molecule has 0 saturated heterocycles. The van der Waals surface area contributed by atoms with Crippen LogP contribution in [0.4, 0.5) is 18.9 Å². The second-order valence-electron chi connectivity index (χ2n) is 2.87. The third-order valence-corrected chi connectivity index (χ3v) is 1.93. The first-order valence-electron chi connectivity index (χ1n) is 3.95. The third kappa shape index (κ3) is 3.13. The largest absolute Gasteiger partial charge is 0.416 e. The fourth-order valence-corrected chi connectivity index (χ4v) is 1.15. The smallest absolute Gasteiger partial charge is 0.325 e. The Labute approximate surface area is 89.0 Å². The summed E-state index contributed by atoms with van der Waals surface area (Å²) in [6.45, 7) is 1.19. The van der Waals surface area contributed by atoms with Crippen molar-refractivity contribution in [2.75, 3.05) is 5.32 Å². The van der Waals surface area contributed by atoms with Crippen LogP contribution in [0.25, 0.3) is 0 Å². The second-order valence-corrected chi connectivity index (χ2v) is 3.28. The molecule has 0 radical (unpaired) electrons. The molecule has 0 aliphatic rings. The first-order valence-corrected chi connectivity index (χ1v) is 4.33. The summed E-state index contributed by atoms with van der Waals surface area (Å²) in [7, 11) is 0. The van der Waals surface area contributed by atoms with Crippen LogP contribution >= 0.6 is 11.6 Å². The van der Waals surface area contributed by atoms with Crippen LogP contribution in [0.1, 0.15) is 12.5 Å². The van der Waals surface area contributed by atoms with Crippen LogP contribution in [-0.4, -0.2) is 5.91 Å². The molecule has 6 heteroatoms. The van der Waals surface area contributed by atoms with E-state index in [0.29, 0.717) is 0 Å². The summed E-state index contributed by atoms with van der Waals surface area (Å²) >= 11 is 5.61. The molecule has 1 aromatic rings. The molecule has 15 heavy (non-hydrogen) atoms. The molecule has 1 amide bonds. The minimum Gasteiger partial charge on any atom is -0.325 e. The van der Waals surface area contributed by atoms with Crippen LogP contribution in [-0.2, 0) is 11.0 Å². The number of nitrogens with one attached hydrogen (secondary N) is 1. The Balaban J connectivity index is 3.11. The van der Waals surface area contributed by atoms with Gasteiger partial charge in [0, 0.05) is 6.92 Å². The van der Waals surface area contributed by atoms with Crippen molar-refractivity contribution in [3.63, 3.8) is 0 Å². The number of carbonyl (C=O) groups excluding carboxylic acids is 1. The first-order chi connectivity index (χ1) is 6.80. The molecule has 0 saturated carbocycles. The summed E-state index contributed by atoms with van der Waals surface area (Å²) in [6, 6.07) is 2.74. The van der Waals surface area contributed by atoms with Crippen molar-refractivity contribution in [2.24, 2.45) is 0 Å². The molecule has 0 aliphatic carbocycles. The van der Waals surface area contributed by atoms with E-state index in [1.807, 2.05) is 0 Å². The van der Waals surface area contributed by atoms with E-state index >= 15 is 0 Å². The van der Waals surface area contributed by atoms with Gasteiger partial charge in [-0.2, -0.15) is 13.2 Å². The van der Waals surface area contributed by atoms with Crippen molar-refractivity contribution in [1.82, 2.24) is 0 Å². The lowest BCUT2D eigenvalue weighted by molar-refractivity contribution is -0.137. The Kier molecular flexibility index (Phi) is 3.24. The van der Waals surface area contributed by atoms with Gasteiger partial charge in [0.2, 0.25) is 5.91 Å². The molecule has 0 heterocycles. The molecule has 2 nitrogen and oxygen atoms in total. The maximum absolute atomic E-state index is 12.3. The van der Waals surface area contributed by atoms with Crippen molar-refractivity contribution in [3.8, 4) is 0 Å². The predicted molar refractivity (Wildman–Crippen MR) is 50.8 cm³/mol. The molecule has 1 aromatic carbocycles. The average Bonchev–Trinajstić information content (AvgIpc) is 2.06. The first kappa shape index (κ1) is 11.8. The Bertz CT molecular complexity index is 389. The lowest BCUT2D eigenvalue weighted by atomic mass is 10.2. The number of anilines is 1. The molecule has 0 unspecified atom stereocenters. The summed E-state index contributed by atoms with van der Waals surface area (Å²) in [5, 5.41) is 2.28. The number of benzene rings is 1. The van der Waals surface area contributed by atoms with Gasteiger partial charge < -0.3 is 5.32 Å².